The lowest BCUT2D eigenvalue weighted by molar-refractivity contribution is 1.18. The van der Waals surface area contributed by atoms with E-state index in [0.717, 1.165) is 39.2 Å². The summed E-state index contributed by atoms with van der Waals surface area (Å²) in [5.41, 5.74) is 8.10. The van der Waals surface area contributed by atoms with Crippen LogP contribution in [0.4, 0.5) is 0 Å². The van der Waals surface area contributed by atoms with Crippen LogP contribution in [0.25, 0.3) is 44.8 Å². The van der Waals surface area contributed by atoms with E-state index in [4.69, 9.17) is 11.6 Å². The zero-order valence-electron chi connectivity index (χ0n) is 16.6. The van der Waals surface area contributed by atoms with Gasteiger partial charge in [0.1, 0.15) is 0 Å². The van der Waals surface area contributed by atoms with Crippen molar-refractivity contribution < 1.29 is 0 Å². The van der Waals surface area contributed by atoms with E-state index in [1.807, 2.05) is 54.7 Å². The van der Waals surface area contributed by atoms with Crippen LogP contribution in [0, 0.1) is 0 Å². The molecule has 0 unspecified atom stereocenters. The minimum atomic E-state index is 0.232. The lowest BCUT2D eigenvalue weighted by Crippen LogP contribution is -1.92. The van der Waals surface area contributed by atoms with Gasteiger partial charge in [-0.15, -0.1) is 0 Å². The van der Waals surface area contributed by atoms with Crippen LogP contribution in [-0.2, 0) is 0 Å². The highest BCUT2D eigenvalue weighted by molar-refractivity contribution is 6.28. The van der Waals surface area contributed by atoms with Gasteiger partial charge < -0.3 is 0 Å². The molecule has 0 atom stereocenters. The predicted molar refractivity (Wildman–Crippen MR) is 127 cm³/mol. The Morgan fingerprint density at radius 2 is 0.968 bits per heavy atom. The van der Waals surface area contributed by atoms with Crippen LogP contribution < -0.4 is 0 Å². The van der Waals surface area contributed by atoms with Crippen LogP contribution in [0.15, 0.2) is 109 Å². The fraction of sp³-hybridized carbons (Fsp3) is 0. The Labute approximate surface area is 186 Å². The van der Waals surface area contributed by atoms with Crippen molar-refractivity contribution in [3.8, 4) is 44.8 Å². The summed E-state index contributed by atoms with van der Waals surface area (Å²) in [5, 5.41) is 0.232. The molecule has 0 saturated carbocycles. The molecule has 0 aliphatic heterocycles. The molecule has 3 nitrogen and oxygen atoms in total. The minimum Gasteiger partial charge on any atom is -0.264 e. The second kappa shape index (κ2) is 8.50. The smallest absolute Gasteiger partial charge is 0.223 e. The maximum absolute atomic E-state index is 6.27. The largest absolute Gasteiger partial charge is 0.264 e. The van der Waals surface area contributed by atoms with Crippen molar-refractivity contribution >= 4 is 11.6 Å². The molecule has 0 saturated heterocycles. The van der Waals surface area contributed by atoms with Crippen LogP contribution in [0.1, 0.15) is 0 Å². The van der Waals surface area contributed by atoms with Gasteiger partial charge in [-0.1, -0.05) is 84.9 Å². The average molecular weight is 420 g/mol. The Morgan fingerprint density at radius 1 is 0.484 bits per heavy atom. The SMILES string of the molecule is Clc1nc(-c2ccc(-c3ccccc3)cc2)cc(-c2ccc(-c3cccnc3)cc2)n1. The highest BCUT2D eigenvalue weighted by atomic mass is 35.5. The summed E-state index contributed by atoms with van der Waals surface area (Å²) in [6.07, 6.45) is 3.63. The molecule has 2 heterocycles. The van der Waals surface area contributed by atoms with Gasteiger partial charge in [-0.05, 0) is 46.0 Å². The van der Waals surface area contributed by atoms with E-state index in [1.54, 1.807) is 6.20 Å². The minimum absolute atomic E-state index is 0.232. The van der Waals surface area contributed by atoms with Crippen LogP contribution in [-0.4, -0.2) is 15.0 Å². The van der Waals surface area contributed by atoms with Crippen molar-refractivity contribution in [2.45, 2.75) is 0 Å². The number of benzene rings is 3. The topological polar surface area (TPSA) is 38.7 Å². The molecule has 0 bridgehead atoms. The summed E-state index contributed by atoms with van der Waals surface area (Å²) in [7, 11) is 0. The van der Waals surface area contributed by atoms with Gasteiger partial charge in [0.25, 0.3) is 0 Å². The highest BCUT2D eigenvalue weighted by Crippen LogP contribution is 2.29. The summed E-state index contributed by atoms with van der Waals surface area (Å²) in [6, 6.07) is 32.8. The molecule has 0 spiro atoms. The fourth-order valence-corrected chi connectivity index (χ4v) is 3.73. The van der Waals surface area contributed by atoms with Gasteiger partial charge in [-0.2, -0.15) is 0 Å². The summed E-state index contributed by atoms with van der Waals surface area (Å²) < 4.78 is 0. The fourth-order valence-electron chi connectivity index (χ4n) is 3.54. The number of rotatable bonds is 4. The van der Waals surface area contributed by atoms with Crippen LogP contribution >= 0.6 is 11.6 Å². The molecule has 2 aromatic heterocycles. The van der Waals surface area contributed by atoms with Crippen molar-refractivity contribution in [2.75, 3.05) is 0 Å². The highest BCUT2D eigenvalue weighted by Gasteiger charge is 2.09. The number of nitrogens with zero attached hydrogens (tertiary/aromatic N) is 3. The number of hydrogen-bond donors (Lipinski definition) is 0. The molecule has 0 amide bonds. The Kier molecular flexibility index (Phi) is 5.26. The van der Waals surface area contributed by atoms with Crippen molar-refractivity contribution in [3.63, 3.8) is 0 Å². The van der Waals surface area contributed by atoms with Gasteiger partial charge in [0.15, 0.2) is 0 Å². The van der Waals surface area contributed by atoms with Gasteiger partial charge in [-0.3, -0.25) is 4.98 Å². The lowest BCUT2D eigenvalue weighted by Gasteiger charge is -2.08. The molecule has 4 heteroatoms. The molecular formula is C27H18ClN3. The van der Waals surface area contributed by atoms with Crippen molar-refractivity contribution in [3.05, 3.63) is 115 Å². The van der Waals surface area contributed by atoms with Crippen molar-refractivity contribution in [1.29, 1.82) is 0 Å². The zero-order valence-corrected chi connectivity index (χ0v) is 17.4. The second-order valence-corrected chi connectivity index (χ2v) is 7.51. The summed E-state index contributed by atoms with van der Waals surface area (Å²) in [6.45, 7) is 0. The van der Waals surface area contributed by atoms with Gasteiger partial charge in [0.2, 0.25) is 5.28 Å². The van der Waals surface area contributed by atoms with Gasteiger partial charge in [-0.25, -0.2) is 9.97 Å². The quantitative estimate of drug-likeness (QED) is 0.289. The summed E-state index contributed by atoms with van der Waals surface area (Å²) in [4.78, 5) is 13.1. The maximum atomic E-state index is 6.27. The zero-order chi connectivity index (χ0) is 21.0. The third-order valence-electron chi connectivity index (χ3n) is 5.16. The standard InChI is InChI=1S/C27H18ClN3/c28-27-30-25(22-12-8-20(9-13-22)19-5-2-1-3-6-19)17-26(31-27)23-14-10-21(11-15-23)24-7-4-16-29-18-24/h1-18H. The average Bonchev–Trinajstić information content (AvgIpc) is 2.85. The molecule has 0 N–H and O–H groups in total. The first-order valence-corrected chi connectivity index (χ1v) is 10.4. The van der Waals surface area contributed by atoms with Gasteiger partial charge in [0.05, 0.1) is 11.4 Å². The molecule has 0 radical (unpaired) electrons. The Hall–Kier alpha value is -3.82. The van der Waals surface area contributed by atoms with E-state index in [-0.39, 0.29) is 5.28 Å². The molecule has 0 aliphatic rings. The van der Waals surface area contributed by atoms with Crippen molar-refractivity contribution in [1.82, 2.24) is 15.0 Å². The number of halogens is 1. The number of aromatic nitrogens is 3. The number of pyridine rings is 1. The van der Waals surface area contributed by atoms with Crippen LogP contribution in [0.5, 0.6) is 0 Å². The Balaban J connectivity index is 1.45. The first-order valence-electron chi connectivity index (χ1n) is 9.97. The Bertz CT molecular complexity index is 1200. The van der Waals surface area contributed by atoms with Gasteiger partial charge >= 0.3 is 0 Å². The molecule has 31 heavy (non-hydrogen) atoms. The normalized spacial score (nSPS) is 10.7. The van der Waals surface area contributed by atoms with E-state index in [9.17, 15) is 0 Å². The van der Waals surface area contributed by atoms with Crippen LogP contribution in [0.3, 0.4) is 0 Å². The molecule has 5 rings (SSSR count). The first kappa shape index (κ1) is 19.2. The first-order chi connectivity index (χ1) is 15.3. The molecule has 0 aliphatic carbocycles. The Morgan fingerprint density at radius 3 is 1.52 bits per heavy atom. The van der Waals surface area contributed by atoms with E-state index < -0.39 is 0 Å². The molecule has 3 aromatic carbocycles. The van der Waals surface area contributed by atoms with E-state index in [0.29, 0.717) is 0 Å². The monoisotopic (exact) mass is 419 g/mol. The van der Waals surface area contributed by atoms with E-state index in [1.165, 1.54) is 5.56 Å². The second-order valence-electron chi connectivity index (χ2n) is 7.17. The summed E-state index contributed by atoms with van der Waals surface area (Å²) in [5.74, 6) is 0. The van der Waals surface area contributed by atoms with E-state index >= 15 is 0 Å². The molecule has 5 aromatic rings. The van der Waals surface area contributed by atoms with E-state index in [2.05, 4.69) is 63.5 Å². The predicted octanol–water partition coefficient (Wildman–Crippen LogP) is 7.19. The summed E-state index contributed by atoms with van der Waals surface area (Å²) >= 11 is 6.27. The third kappa shape index (κ3) is 4.23. The molecular weight excluding hydrogens is 402 g/mol. The molecule has 0 fully saturated rings. The van der Waals surface area contributed by atoms with Crippen molar-refractivity contribution in [2.24, 2.45) is 0 Å². The third-order valence-corrected chi connectivity index (χ3v) is 5.33. The number of hydrogen-bond acceptors (Lipinski definition) is 3. The molecule has 148 valence electrons. The van der Waals surface area contributed by atoms with Gasteiger partial charge in [0, 0.05) is 23.5 Å². The lowest BCUT2D eigenvalue weighted by atomic mass is 10.0. The maximum Gasteiger partial charge on any atom is 0.223 e. The van der Waals surface area contributed by atoms with Crippen LogP contribution in [0.2, 0.25) is 5.28 Å².